The highest BCUT2D eigenvalue weighted by molar-refractivity contribution is 6.09. The molecule has 0 saturated heterocycles. The minimum Gasteiger partial charge on any atom is -0.493 e. The van der Waals surface area contributed by atoms with Crippen LogP contribution in [-0.4, -0.2) is 24.6 Å². The van der Waals surface area contributed by atoms with Gasteiger partial charge in [0.2, 0.25) is 5.78 Å². The van der Waals surface area contributed by atoms with Crippen LogP contribution in [0.1, 0.15) is 33.6 Å². The van der Waals surface area contributed by atoms with Gasteiger partial charge in [0.25, 0.3) is 0 Å². The second-order valence-corrected chi connectivity index (χ2v) is 5.88. The predicted octanol–water partition coefficient (Wildman–Crippen LogP) is 2.77. The number of aliphatic hydroxyl groups is 1. The molecule has 0 aromatic carbocycles. The van der Waals surface area contributed by atoms with Gasteiger partial charge in [-0.3, -0.25) is 4.79 Å². The molecule has 0 aliphatic heterocycles. The lowest BCUT2D eigenvalue weighted by Crippen LogP contribution is -2.31. The van der Waals surface area contributed by atoms with Crippen LogP contribution >= 0.6 is 0 Å². The number of hydrogen-bond donors (Lipinski definition) is 1. The molecule has 3 nitrogen and oxygen atoms in total. The third-order valence-corrected chi connectivity index (χ3v) is 4.27. The molecule has 0 heterocycles. The number of rotatable bonds is 3. The van der Waals surface area contributed by atoms with Crippen LogP contribution < -0.4 is 0 Å². The first-order valence-corrected chi connectivity index (χ1v) is 6.79. The summed E-state index contributed by atoms with van der Waals surface area (Å²) >= 11 is 0. The maximum Gasteiger partial charge on any atom is 0.225 e. The molecule has 104 valence electrons. The number of carbonyl (C=O) groups excluding carboxylic acids is 1. The normalized spacial score (nSPS) is 27.2. The third kappa shape index (κ3) is 2.27. The first kappa shape index (κ1) is 14.1. The number of methoxy groups -OCH3 is 1. The fourth-order valence-electron chi connectivity index (χ4n) is 2.93. The van der Waals surface area contributed by atoms with Gasteiger partial charge in [-0.25, -0.2) is 0 Å². The number of allylic oxidation sites excluding steroid dienone is 5. The van der Waals surface area contributed by atoms with E-state index in [1.807, 2.05) is 6.08 Å². The number of ether oxygens (including phenoxy) is 1. The molecule has 2 aliphatic rings. The number of carbonyl (C=O) groups is 1. The monoisotopic (exact) mass is 262 g/mol. The summed E-state index contributed by atoms with van der Waals surface area (Å²) in [5, 5.41) is 9.56. The average Bonchev–Trinajstić information content (AvgIpc) is 2.38. The smallest absolute Gasteiger partial charge is 0.225 e. The molecule has 2 rings (SSSR count). The van der Waals surface area contributed by atoms with Crippen LogP contribution in [0.25, 0.3) is 0 Å². The third-order valence-electron chi connectivity index (χ3n) is 4.27. The van der Waals surface area contributed by atoms with Crippen molar-refractivity contribution in [3.05, 3.63) is 34.6 Å². The van der Waals surface area contributed by atoms with Crippen molar-refractivity contribution >= 4 is 5.78 Å². The molecule has 0 saturated carbocycles. The molecular weight excluding hydrogens is 240 g/mol. The van der Waals surface area contributed by atoms with Gasteiger partial charge in [-0.2, -0.15) is 0 Å². The van der Waals surface area contributed by atoms with E-state index in [1.54, 1.807) is 0 Å². The van der Waals surface area contributed by atoms with Crippen molar-refractivity contribution in [2.24, 2.45) is 11.3 Å². The average molecular weight is 262 g/mol. The van der Waals surface area contributed by atoms with Gasteiger partial charge in [-0.15, -0.1) is 0 Å². The highest BCUT2D eigenvalue weighted by Crippen LogP contribution is 2.47. The molecule has 1 unspecified atom stereocenters. The van der Waals surface area contributed by atoms with Crippen molar-refractivity contribution < 1.29 is 14.6 Å². The van der Waals surface area contributed by atoms with Crippen molar-refractivity contribution in [1.29, 1.82) is 0 Å². The van der Waals surface area contributed by atoms with Gasteiger partial charge in [0, 0.05) is 11.0 Å². The van der Waals surface area contributed by atoms with Gasteiger partial charge in [-0.05, 0) is 30.4 Å². The zero-order valence-electron chi connectivity index (χ0n) is 12.1. The standard InChI is InChI=1S/C16H22O3/c1-10(2)11-5-6-16(3)8-14(19-4)15(18)12(9-17)13(16)7-11/h7-8,10,17H,5-6,9H2,1-4H3. The lowest BCUT2D eigenvalue weighted by atomic mass is 9.66. The van der Waals surface area contributed by atoms with Crippen LogP contribution in [0.15, 0.2) is 34.6 Å². The molecule has 0 radical (unpaired) electrons. The van der Waals surface area contributed by atoms with E-state index in [0.29, 0.717) is 17.3 Å². The Bertz CT molecular complexity index is 494. The van der Waals surface area contributed by atoms with Crippen LogP contribution in [-0.2, 0) is 9.53 Å². The van der Waals surface area contributed by atoms with Crippen molar-refractivity contribution in [2.75, 3.05) is 13.7 Å². The maximum absolute atomic E-state index is 12.2. The van der Waals surface area contributed by atoms with Crippen molar-refractivity contribution in [3.63, 3.8) is 0 Å². The summed E-state index contributed by atoms with van der Waals surface area (Å²) in [6.07, 6.45) is 6.01. The second kappa shape index (κ2) is 4.97. The van der Waals surface area contributed by atoms with E-state index in [2.05, 4.69) is 26.8 Å². The Hall–Kier alpha value is -1.35. The van der Waals surface area contributed by atoms with Crippen molar-refractivity contribution in [1.82, 2.24) is 0 Å². The van der Waals surface area contributed by atoms with Crippen molar-refractivity contribution in [3.8, 4) is 0 Å². The highest BCUT2D eigenvalue weighted by Gasteiger charge is 2.39. The zero-order valence-corrected chi connectivity index (χ0v) is 12.1. The molecule has 0 amide bonds. The molecule has 19 heavy (non-hydrogen) atoms. The van der Waals surface area contributed by atoms with Crippen molar-refractivity contribution in [2.45, 2.75) is 33.6 Å². The summed E-state index contributed by atoms with van der Waals surface area (Å²) in [4.78, 5) is 12.2. The molecular formula is C16H22O3. The summed E-state index contributed by atoms with van der Waals surface area (Å²) < 4.78 is 5.17. The molecule has 2 aliphatic carbocycles. The lowest BCUT2D eigenvalue weighted by Gasteiger charge is -2.38. The minimum absolute atomic E-state index is 0.182. The molecule has 1 atom stereocenters. The largest absolute Gasteiger partial charge is 0.493 e. The molecule has 0 spiro atoms. The topological polar surface area (TPSA) is 46.5 Å². The van der Waals surface area contributed by atoms with Gasteiger partial charge >= 0.3 is 0 Å². The molecule has 0 aromatic heterocycles. The van der Waals surface area contributed by atoms with Crippen LogP contribution in [0.5, 0.6) is 0 Å². The Morgan fingerprint density at radius 1 is 1.47 bits per heavy atom. The fourth-order valence-corrected chi connectivity index (χ4v) is 2.93. The van der Waals surface area contributed by atoms with E-state index >= 15 is 0 Å². The predicted molar refractivity (Wildman–Crippen MR) is 74.5 cm³/mol. The SMILES string of the molecule is COC1=CC2(C)CCC(C(C)C)=CC2=C(CO)C1=O. The number of fused-ring (bicyclic) bond motifs is 1. The van der Waals surface area contributed by atoms with Gasteiger partial charge in [0.1, 0.15) is 0 Å². The fraction of sp³-hybridized carbons (Fsp3) is 0.562. The van der Waals surface area contributed by atoms with E-state index in [-0.39, 0.29) is 17.8 Å². The Morgan fingerprint density at radius 3 is 2.68 bits per heavy atom. The van der Waals surface area contributed by atoms with Gasteiger partial charge in [-0.1, -0.05) is 32.4 Å². The van der Waals surface area contributed by atoms with Crippen LogP contribution in [0.2, 0.25) is 0 Å². The summed E-state index contributed by atoms with van der Waals surface area (Å²) in [6.45, 7) is 6.20. The molecule has 1 N–H and O–H groups in total. The molecule has 3 heteroatoms. The van der Waals surface area contributed by atoms with E-state index in [9.17, 15) is 9.90 Å². The Balaban J connectivity index is 2.57. The van der Waals surface area contributed by atoms with E-state index < -0.39 is 0 Å². The number of aliphatic hydroxyl groups excluding tert-OH is 1. The molecule has 0 bridgehead atoms. The Morgan fingerprint density at radius 2 is 2.16 bits per heavy atom. The second-order valence-electron chi connectivity index (χ2n) is 5.88. The summed E-state index contributed by atoms with van der Waals surface area (Å²) in [6, 6.07) is 0. The van der Waals surface area contributed by atoms with Gasteiger partial charge in [0.15, 0.2) is 5.76 Å². The number of Topliss-reactive ketones (excluding diaryl/α,β-unsaturated/α-hetero) is 1. The molecule has 0 aromatic rings. The Labute approximate surface area is 114 Å². The summed E-state index contributed by atoms with van der Waals surface area (Å²) in [7, 11) is 1.51. The van der Waals surface area contributed by atoms with E-state index in [1.165, 1.54) is 12.7 Å². The summed E-state index contributed by atoms with van der Waals surface area (Å²) in [5.41, 5.74) is 2.60. The van der Waals surface area contributed by atoms with Gasteiger partial charge < -0.3 is 9.84 Å². The van der Waals surface area contributed by atoms with Crippen LogP contribution in [0, 0.1) is 11.3 Å². The van der Waals surface area contributed by atoms with Crippen LogP contribution in [0.3, 0.4) is 0 Å². The maximum atomic E-state index is 12.2. The first-order chi connectivity index (χ1) is 8.92. The summed E-state index contributed by atoms with van der Waals surface area (Å²) in [5.74, 6) is 0.648. The highest BCUT2D eigenvalue weighted by atomic mass is 16.5. The Kier molecular flexibility index (Phi) is 3.68. The van der Waals surface area contributed by atoms with Gasteiger partial charge in [0.05, 0.1) is 13.7 Å². The van der Waals surface area contributed by atoms with Crippen LogP contribution in [0.4, 0.5) is 0 Å². The lowest BCUT2D eigenvalue weighted by molar-refractivity contribution is -0.115. The van der Waals surface area contributed by atoms with E-state index in [0.717, 1.165) is 18.4 Å². The number of ketones is 1. The first-order valence-electron chi connectivity index (χ1n) is 6.79. The van der Waals surface area contributed by atoms with E-state index in [4.69, 9.17) is 4.74 Å². The minimum atomic E-state index is -0.230. The quantitative estimate of drug-likeness (QED) is 0.850. The number of hydrogen-bond acceptors (Lipinski definition) is 3. The zero-order chi connectivity index (χ0) is 14.2. The molecule has 0 fully saturated rings.